The quantitative estimate of drug-likeness (QED) is 0.110. The van der Waals surface area contributed by atoms with Crippen LogP contribution in [0.1, 0.15) is 67.7 Å². The highest BCUT2D eigenvalue weighted by Gasteiger charge is 2.18. The summed E-state index contributed by atoms with van der Waals surface area (Å²) in [5, 5.41) is 3.30. The van der Waals surface area contributed by atoms with Gasteiger partial charge < -0.3 is 19.3 Å². The number of benzene rings is 3. The van der Waals surface area contributed by atoms with E-state index in [0.29, 0.717) is 49.7 Å². The molecule has 3 aromatic rings. The number of rotatable bonds is 19. The molecule has 0 aromatic heterocycles. The molecular weight excluding hydrogens is 548 g/mol. The zero-order valence-corrected chi connectivity index (χ0v) is 27.0. The normalized spacial score (nSPS) is 13.4. The SMILES string of the molecule is CCCCC(CCCOc1c(F)cc(CNCCCP(C)(=O)Oc2ccccc2)cc1OC)Cc1ccc(C)c(C)c1. The van der Waals surface area contributed by atoms with Crippen molar-refractivity contribution in [2.24, 2.45) is 5.92 Å². The highest BCUT2D eigenvalue weighted by atomic mass is 31.2. The van der Waals surface area contributed by atoms with Crippen LogP contribution in [0.4, 0.5) is 4.39 Å². The molecule has 0 aliphatic carbocycles. The van der Waals surface area contributed by atoms with E-state index in [0.717, 1.165) is 24.8 Å². The summed E-state index contributed by atoms with van der Waals surface area (Å²) in [6.07, 6.45) is 7.71. The molecule has 1 N–H and O–H groups in total. The van der Waals surface area contributed by atoms with E-state index in [2.05, 4.69) is 44.3 Å². The van der Waals surface area contributed by atoms with Crippen LogP contribution in [0.5, 0.6) is 17.2 Å². The summed E-state index contributed by atoms with van der Waals surface area (Å²) < 4.78 is 44.9. The minimum Gasteiger partial charge on any atom is -0.493 e. The van der Waals surface area contributed by atoms with E-state index in [1.807, 2.05) is 24.3 Å². The average molecular weight is 598 g/mol. The van der Waals surface area contributed by atoms with Gasteiger partial charge in [-0.1, -0.05) is 62.6 Å². The predicted octanol–water partition coefficient (Wildman–Crippen LogP) is 9.13. The Hall–Kier alpha value is -2.82. The minimum atomic E-state index is -2.74. The van der Waals surface area contributed by atoms with E-state index in [-0.39, 0.29) is 5.75 Å². The molecule has 0 spiro atoms. The maximum absolute atomic E-state index is 15.1. The molecule has 3 aromatic carbocycles. The number of halogens is 1. The first-order valence-corrected chi connectivity index (χ1v) is 17.5. The summed E-state index contributed by atoms with van der Waals surface area (Å²) in [7, 11) is -1.20. The minimum absolute atomic E-state index is 0.172. The van der Waals surface area contributed by atoms with Crippen LogP contribution in [0.2, 0.25) is 0 Å². The fourth-order valence-corrected chi connectivity index (χ4v) is 6.53. The summed E-state index contributed by atoms with van der Waals surface area (Å²) in [6.45, 7) is 9.77. The Morgan fingerprint density at radius 1 is 0.929 bits per heavy atom. The van der Waals surface area contributed by atoms with E-state index in [9.17, 15) is 4.57 Å². The number of methoxy groups -OCH3 is 1. The summed E-state index contributed by atoms with van der Waals surface area (Å²) in [6, 6.07) is 19.3. The molecule has 0 amide bonds. The lowest BCUT2D eigenvalue weighted by atomic mass is 9.89. The Kier molecular flexibility index (Phi) is 13.9. The van der Waals surface area contributed by atoms with Crippen LogP contribution < -0.4 is 19.3 Å². The van der Waals surface area contributed by atoms with Crippen molar-refractivity contribution in [2.45, 2.75) is 72.3 Å². The zero-order chi connectivity index (χ0) is 30.4. The lowest BCUT2D eigenvalue weighted by Crippen LogP contribution is -2.16. The summed E-state index contributed by atoms with van der Waals surface area (Å²) >= 11 is 0. The van der Waals surface area contributed by atoms with Gasteiger partial charge in [0.15, 0.2) is 17.3 Å². The molecule has 7 heteroatoms. The van der Waals surface area contributed by atoms with Crippen LogP contribution in [0.25, 0.3) is 0 Å². The van der Waals surface area contributed by atoms with Crippen molar-refractivity contribution < 1.29 is 23.0 Å². The lowest BCUT2D eigenvalue weighted by molar-refractivity contribution is 0.260. The van der Waals surface area contributed by atoms with E-state index >= 15 is 4.39 Å². The van der Waals surface area contributed by atoms with Crippen molar-refractivity contribution in [3.8, 4) is 17.2 Å². The highest BCUT2D eigenvalue weighted by Crippen LogP contribution is 2.43. The Balaban J connectivity index is 1.45. The number of hydrogen-bond donors (Lipinski definition) is 1. The van der Waals surface area contributed by atoms with Crippen LogP contribution in [0.3, 0.4) is 0 Å². The van der Waals surface area contributed by atoms with Gasteiger partial charge in [0.1, 0.15) is 5.75 Å². The van der Waals surface area contributed by atoms with Gasteiger partial charge in [-0.05, 0) is 98.5 Å². The number of unbranched alkanes of at least 4 members (excludes halogenated alkanes) is 1. The van der Waals surface area contributed by atoms with Crippen molar-refractivity contribution >= 4 is 7.37 Å². The van der Waals surface area contributed by atoms with Gasteiger partial charge in [-0.2, -0.15) is 0 Å². The largest absolute Gasteiger partial charge is 0.493 e. The molecule has 230 valence electrons. The Bertz CT molecular complexity index is 1280. The third kappa shape index (κ3) is 11.5. The maximum Gasteiger partial charge on any atom is 0.245 e. The second-order valence-corrected chi connectivity index (χ2v) is 14.1. The molecule has 0 aliphatic heterocycles. The van der Waals surface area contributed by atoms with Crippen LogP contribution >= 0.6 is 7.37 Å². The smallest absolute Gasteiger partial charge is 0.245 e. The van der Waals surface area contributed by atoms with Gasteiger partial charge in [0.05, 0.1) is 13.7 Å². The van der Waals surface area contributed by atoms with Crippen molar-refractivity contribution in [2.75, 3.05) is 33.1 Å². The molecule has 0 heterocycles. The second kappa shape index (κ2) is 17.3. The average Bonchev–Trinajstić information content (AvgIpc) is 2.96. The number of hydrogen-bond acceptors (Lipinski definition) is 5. The van der Waals surface area contributed by atoms with Crippen LogP contribution in [-0.2, 0) is 17.5 Å². The monoisotopic (exact) mass is 597 g/mol. The summed E-state index contributed by atoms with van der Waals surface area (Å²) in [4.78, 5) is 0. The van der Waals surface area contributed by atoms with Gasteiger partial charge in [-0.3, -0.25) is 4.57 Å². The fourth-order valence-electron chi connectivity index (χ4n) is 5.14. The van der Waals surface area contributed by atoms with Crippen molar-refractivity contribution in [3.05, 3.63) is 88.7 Å². The number of nitrogens with one attached hydrogen (secondary N) is 1. The van der Waals surface area contributed by atoms with Crippen LogP contribution in [0.15, 0.2) is 60.7 Å². The van der Waals surface area contributed by atoms with Gasteiger partial charge in [0, 0.05) is 19.4 Å². The molecule has 5 nitrogen and oxygen atoms in total. The molecule has 2 unspecified atom stereocenters. The van der Waals surface area contributed by atoms with Crippen molar-refractivity contribution in [1.82, 2.24) is 5.32 Å². The number of para-hydroxylation sites is 1. The molecule has 0 fully saturated rings. The topological polar surface area (TPSA) is 56.8 Å². The van der Waals surface area contributed by atoms with Gasteiger partial charge in [0.25, 0.3) is 0 Å². The molecule has 0 radical (unpaired) electrons. The van der Waals surface area contributed by atoms with Crippen LogP contribution in [-0.4, -0.2) is 33.1 Å². The van der Waals surface area contributed by atoms with Crippen molar-refractivity contribution in [1.29, 1.82) is 0 Å². The zero-order valence-electron chi connectivity index (χ0n) is 26.1. The van der Waals surface area contributed by atoms with E-state index < -0.39 is 13.2 Å². The van der Waals surface area contributed by atoms with Gasteiger partial charge >= 0.3 is 0 Å². The number of aryl methyl sites for hydroxylation is 2. The molecule has 0 saturated heterocycles. The van der Waals surface area contributed by atoms with E-state index in [1.165, 1.54) is 49.1 Å². The van der Waals surface area contributed by atoms with Crippen molar-refractivity contribution in [3.63, 3.8) is 0 Å². The third-order valence-electron chi connectivity index (χ3n) is 7.64. The summed E-state index contributed by atoms with van der Waals surface area (Å²) in [5.41, 5.74) is 4.82. The maximum atomic E-state index is 15.1. The van der Waals surface area contributed by atoms with Gasteiger partial charge in [0.2, 0.25) is 7.37 Å². The molecule has 3 rings (SSSR count). The van der Waals surface area contributed by atoms with Gasteiger partial charge in [-0.25, -0.2) is 4.39 Å². The number of ether oxygens (including phenoxy) is 2. The first-order chi connectivity index (χ1) is 20.2. The highest BCUT2D eigenvalue weighted by molar-refractivity contribution is 7.58. The second-order valence-electron chi connectivity index (χ2n) is 11.4. The van der Waals surface area contributed by atoms with Crippen LogP contribution in [0, 0.1) is 25.6 Å². The van der Waals surface area contributed by atoms with E-state index in [4.69, 9.17) is 14.0 Å². The first kappa shape index (κ1) is 33.7. The third-order valence-corrected chi connectivity index (χ3v) is 9.37. The Labute approximate surface area is 252 Å². The Morgan fingerprint density at radius 3 is 2.40 bits per heavy atom. The molecule has 0 bridgehead atoms. The lowest BCUT2D eigenvalue weighted by Gasteiger charge is -2.18. The molecule has 0 aliphatic rings. The molecule has 2 atom stereocenters. The predicted molar refractivity (Wildman–Crippen MR) is 172 cm³/mol. The van der Waals surface area contributed by atoms with Gasteiger partial charge in [-0.15, -0.1) is 0 Å². The fraction of sp³-hybridized carbons (Fsp3) is 0.486. The first-order valence-electron chi connectivity index (χ1n) is 15.3. The molecule has 42 heavy (non-hydrogen) atoms. The molecule has 0 saturated carbocycles. The van der Waals surface area contributed by atoms with E-state index in [1.54, 1.807) is 18.8 Å². The Morgan fingerprint density at radius 2 is 1.69 bits per heavy atom. The standard InChI is InChI=1S/C35H49FNO4P/c1-6-7-13-29(23-30-18-17-27(2)28(3)22-30)14-11-20-40-35-33(36)24-31(25-34(35)39-4)26-37-19-12-21-42(5,38)41-32-15-9-8-10-16-32/h8-10,15-18,22,24-25,29,37H,6-7,11-14,19-21,23,26H2,1-5H3. The molecular formula is C35H49FNO4P. The summed E-state index contributed by atoms with van der Waals surface area (Å²) in [5.74, 6) is 1.36.